The van der Waals surface area contributed by atoms with Crippen LogP contribution in [-0.4, -0.2) is 17.0 Å². The van der Waals surface area contributed by atoms with E-state index in [9.17, 15) is 4.79 Å². The molecule has 0 fully saturated rings. The van der Waals surface area contributed by atoms with Gasteiger partial charge in [-0.2, -0.15) is 0 Å². The number of aldehydes is 1. The minimum absolute atomic E-state index is 0.586. The van der Waals surface area contributed by atoms with Crippen molar-refractivity contribution in [2.75, 3.05) is 5.75 Å². The van der Waals surface area contributed by atoms with Gasteiger partial charge in [-0.15, -0.1) is 11.8 Å². The third kappa shape index (κ3) is 3.36. The summed E-state index contributed by atoms with van der Waals surface area (Å²) in [5.74, 6) is 0.804. The van der Waals surface area contributed by atoms with Gasteiger partial charge in [0.05, 0.1) is 5.03 Å². The van der Waals surface area contributed by atoms with Gasteiger partial charge in [-0.3, -0.25) is 0 Å². The average Bonchev–Trinajstić information content (AvgIpc) is 2.09. The minimum atomic E-state index is 0.586. The molecule has 0 unspecified atom stereocenters. The minimum Gasteiger partial charge on any atom is -0.303 e. The third-order valence-electron chi connectivity index (χ3n) is 1.19. The van der Waals surface area contributed by atoms with Gasteiger partial charge in [0.2, 0.25) is 0 Å². The van der Waals surface area contributed by atoms with Gasteiger partial charge >= 0.3 is 0 Å². The molecule has 0 aliphatic carbocycles. The molecule has 0 spiro atoms. The summed E-state index contributed by atoms with van der Waals surface area (Å²) in [6, 6.07) is 3.87. The van der Waals surface area contributed by atoms with E-state index in [-0.39, 0.29) is 0 Å². The normalized spacial score (nSPS) is 9.75. The van der Waals surface area contributed by atoms with E-state index in [4.69, 9.17) is 0 Å². The zero-order chi connectivity index (χ0) is 8.81. The number of rotatable bonds is 4. The molecule has 0 saturated heterocycles. The van der Waals surface area contributed by atoms with E-state index >= 15 is 0 Å². The van der Waals surface area contributed by atoms with E-state index < -0.39 is 0 Å². The summed E-state index contributed by atoms with van der Waals surface area (Å²) in [6.45, 7) is 0. The first-order chi connectivity index (χ1) is 5.83. The van der Waals surface area contributed by atoms with Crippen LogP contribution in [0.15, 0.2) is 27.8 Å². The van der Waals surface area contributed by atoms with Crippen LogP contribution in [0.1, 0.15) is 6.42 Å². The fourth-order valence-electron chi connectivity index (χ4n) is 0.659. The Hall–Kier alpha value is -0.350. The quantitative estimate of drug-likeness (QED) is 0.464. The zero-order valence-electron chi connectivity index (χ0n) is 6.37. The molecule has 4 heteroatoms. The van der Waals surface area contributed by atoms with Gasteiger partial charge in [-0.1, -0.05) is 0 Å². The molecule has 0 aromatic carbocycles. The smallest absolute Gasteiger partial charge is 0.120 e. The molecule has 0 N–H and O–H groups in total. The molecule has 0 saturated carbocycles. The summed E-state index contributed by atoms with van der Waals surface area (Å²) in [5, 5.41) is 0.958. The Morgan fingerprint density at radius 3 is 3.00 bits per heavy atom. The SMILES string of the molecule is O=CCCSc1ccc(Br)cn1. The summed E-state index contributed by atoms with van der Waals surface area (Å²) in [5.41, 5.74) is 0. The number of carbonyl (C=O) groups is 1. The molecule has 12 heavy (non-hydrogen) atoms. The van der Waals surface area contributed by atoms with Crippen molar-refractivity contribution in [2.24, 2.45) is 0 Å². The molecule has 1 aromatic heterocycles. The van der Waals surface area contributed by atoms with Crippen LogP contribution in [0.4, 0.5) is 0 Å². The summed E-state index contributed by atoms with van der Waals surface area (Å²) in [4.78, 5) is 14.2. The highest BCUT2D eigenvalue weighted by molar-refractivity contribution is 9.10. The Morgan fingerprint density at radius 2 is 2.42 bits per heavy atom. The lowest BCUT2D eigenvalue weighted by atomic mass is 10.5. The number of thioether (sulfide) groups is 1. The molecule has 0 atom stereocenters. The van der Waals surface area contributed by atoms with Crippen LogP contribution in [0.5, 0.6) is 0 Å². The largest absolute Gasteiger partial charge is 0.303 e. The molecular formula is C8H8BrNOS. The fourth-order valence-corrected chi connectivity index (χ4v) is 1.61. The number of pyridine rings is 1. The van der Waals surface area contributed by atoms with Gasteiger partial charge in [0, 0.05) is 22.8 Å². The van der Waals surface area contributed by atoms with Crippen molar-refractivity contribution in [2.45, 2.75) is 11.4 Å². The molecule has 0 aliphatic heterocycles. The monoisotopic (exact) mass is 245 g/mol. The van der Waals surface area contributed by atoms with Crippen molar-refractivity contribution in [3.8, 4) is 0 Å². The third-order valence-corrected chi connectivity index (χ3v) is 2.63. The van der Waals surface area contributed by atoms with Crippen molar-refractivity contribution in [3.63, 3.8) is 0 Å². The first-order valence-corrected chi connectivity index (χ1v) is 5.29. The van der Waals surface area contributed by atoms with Crippen LogP contribution in [-0.2, 0) is 4.79 Å². The molecule has 0 aliphatic rings. The molecule has 1 heterocycles. The Bertz CT molecular complexity index is 250. The van der Waals surface area contributed by atoms with Crippen molar-refractivity contribution >= 4 is 34.0 Å². The number of hydrogen-bond acceptors (Lipinski definition) is 3. The first kappa shape index (κ1) is 9.74. The van der Waals surface area contributed by atoms with Gasteiger partial charge in [-0.25, -0.2) is 4.98 Å². The summed E-state index contributed by atoms with van der Waals surface area (Å²) >= 11 is 4.89. The van der Waals surface area contributed by atoms with Gasteiger partial charge in [0.25, 0.3) is 0 Å². The lowest BCUT2D eigenvalue weighted by Gasteiger charge is -1.96. The topological polar surface area (TPSA) is 30.0 Å². The molecular weight excluding hydrogens is 238 g/mol. The summed E-state index contributed by atoms with van der Waals surface area (Å²) < 4.78 is 0.974. The maximum Gasteiger partial charge on any atom is 0.120 e. The van der Waals surface area contributed by atoms with E-state index in [1.807, 2.05) is 12.1 Å². The lowest BCUT2D eigenvalue weighted by molar-refractivity contribution is -0.107. The number of halogens is 1. The van der Waals surface area contributed by atoms with Crippen LogP contribution in [0.3, 0.4) is 0 Å². The lowest BCUT2D eigenvalue weighted by Crippen LogP contribution is -1.83. The first-order valence-electron chi connectivity index (χ1n) is 3.51. The number of hydrogen-bond donors (Lipinski definition) is 0. The standard InChI is InChI=1S/C8H8BrNOS/c9-7-2-3-8(10-6-7)12-5-1-4-11/h2-4,6H,1,5H2. The number of nitrogens with zero attached hydrogens (tertiary/aromatic N) is 1. The van der Waals surface area contributed by atoms with Crippen LogP contribution in [0, 0.1) is 0 Å². The molecule has 1 rings (SSSR count). The summed E-state index contributed by atoms with van der Waals surface area (Å²) in [7, 11) is 0. The van der Waals surface area contributed by atoms with Gasteiger partial charge in [0.15, 0.2) is 0 Å². The van der Waals surface area contributed by atoms with E-state index in [1.165, 1.54) is 0 Å². The van der Waals surface area contributed by atoms with Crippen LogP contribution >= 0.6 is 27.7 Å². The van der Waals surface area contributed by atoms with Crippen molar-refractivity contribution in [1.29, 1.82) is 0 Å². The van der Waals surface area contributed by atoms with Gasteiger partial charge < -0.3 is 4.79 Å². The Kier molecular flexibility index (Phi) is 4.32. The molecule has 0 amide bonds. The van der Waals surface area contributed by atoms with Gasteiger partial charge in [-0.05, 0) is 28.1 Å². The van der Waals surface area contributed by atoms with Crippen molar-refractivity contribution in [3.05, 3.63) is 22.8 Å². The molecule has 64 valence electrons. The molecule has 0 bridgehead atoms. The van der Waals surface area contributed by atoms with Crippen molar-refractivity contribution < 1.29 is 4.79 Å². The van der Waals surface area contributed by atoms with E-state index in [0.29, 0.717) is 6.42 Å². The summed E-state index contributed by atoms with van der Waals surface area (Å²) in [6.07, 6.45) is 3.26. The molecule has 2 nitrogen and oxygen atoms in total. The highest BCUT2D eigenvalue weighted by atomic mass is 79.9. The van der Waals surface area contributed by atoms with Crippen LogP contribution < -0.4 is 0 Å². The van der Waals surface area contributed by atoms with E-state index in [0.717, 1.165) is 21.5 Å². The highest BCUT2D eigenvalue weighted by Gasteiger charge is 1.94. The second-order valence-electron chi connectivity index (χ2n) is 2.12. The predicted octanol–water partition coefficient (Wildman–Crippen LogP) is 2.53. The number of aromatic nitrogens is 1. The zero-order valence-corrected chi connectivity index (χ0v) is 8.77. The van der Waals surface area contributed by atoms with E-state index in [2.05, 4.69) is 20.9 Å². The second-order valence-corrected chi connectivity index (χ2v) is 4.15. The second kappa shape index (κ2) is 5.32. The van der Waals surface area contributed by atoms with Crippen LogP contribution in [0.2, 0.25) is 0 Å². The maximum absolute atomic E-state index is 10.0. The predicted molar refractivity (Wildman–Crippen MR) is 53.3 cm³/mol. The average molecular weight is 246 g/mol. The van der Waals surface area contributed by atoms with Crippen molar-refractivity contribution in [1.82, 2.24) is 4.98 Å². The Labute approximate surface area is 83.9 Å². The highest BCUT2D eigenvalue weighted by Crippen LogP contribution is 2.17. The Morgan fingerprint density at radius 1 is 1.58 bits per heavy atom. The fraction of sp³-hybridized carbons (Fsp3) is 0.250. The van der Waals surface area contributed by atoms with E-state index in [1.54, 1.807) is 18.0 Å². The number of carbonyl (C=O) groups excluding carboxylic acids is 1. The van der Waals surface area contributed by atoms with Crippen LogP contribution in [0.25, 0.3) is 0 Å². The maximum atomic E-state index is 10.0. The molecule has 0 radical (unpaired) electrons. The Balaban J connectivity index is 2.42. The molecule has 1 aromatic rings. The van der Waals surface area contributed by atoms with Gasteiger partial charge in [0.1, 0.15) is 6.29 Å².